The SMILES string of the molecule is CC(NC(=O)NCC1(c2ccccc2)CC1)C1CC1. The van der Waals surface area contributed by atoms with Crippen LogP contribution in [-0.4, -0.2) is 18.6 Å². The molecule has 0 aliphatic heterocycles. The van der Waals surface area contributed by atoms with Crippen LogP contribution in [0.5, 0.6) is 0 Å². The van der Waals surface area contributed by atoms with Crippen LogP contribution in [0.1, 0.15) is 38.2 Å². The smallest absolute Gasteiger partial charge is 0.315 e. The molecule has 1 aromatic rings. The Morgan fingerprint density at radius 1 is 1.32 bits per heavy atom. The normalized spacial score (nSPS) is 21.5. The molecule has 2 aliphatic carbocycles. The van der Waals surface area contributed by atoms with Crippen LogP contribution < -0.4 is 10.6 Å². The van der Waals surface area contributed by atoms with Crippen LogP contribution in [0.2, 0.25) is 0 Å². The number of carbonyl (C=O) groups excluding carboxylic acids is 1. The molecule has 0 heterocycles. The van der Waals surface area contributed by atoms with Crippen molar-refractivity contribution in [3.63, 3.8) is 0 Å². The van der Waals surface area contributed by atoms with Gasteiger partial charge in [0, 0.05) is 18.0 Å². The standard InChI is InChI=1S/C16H22N2O/c1-12(13-7-8-13)18-15(19)17-11-16(9-10-16)14-5-3-2-4-6-14/h2-6,12-13H,7-11H2,1H3,(H2,17,18,19). The lowest BCUT2D eigenvalue weighted by molar-refractivity contribution is 0.235. The van der Waals surface area contributed by atoms with Crippen molar-refractivity contribution < 1.29 is 4.79 Å². The molecular weight excluding hydrogens is 236 g/mol. The summed E-state index contributed by atoms with van der Waals surface area (Å²) in [4.78, 5) is 11.9. The summed E-state index contributed by atoms with van der Waals surface area (Å²) in [5.41, 5.74) is 1.55. The monoisotopic (exact) mass is 258 g/mol. The Balaban J connectivity index is 1.50. The molecule has 0 bridgehead atoms. The van der Waals surface area contributed by atoms with Crippen molar-refractivity contribution in [3.8, 4) is 0 Å². The summed E-state index contributed by atoms with van der Waals surface area (Å²) < 4.78 is 0. The Morgan fingerprint density at radius 3 is 2.58 bits per heavy atom. The maximum Gasteiger partial charge on any atom is 0.315 e. The van der Waals surface area contributed by atoms with Gasteiger partial charge in [0.25, 0.3) is 0 Å². The summed E-state index contributed by atoms with van der Waals surface area (Å²) >= 11 is 0. The van der Waals surface area contributed by atoms with Crippen LogP contribution in [0.4, 0.5) is 4.79 Å². The van der Waals surface area contributed by atoms with E-state index in [0.29, 0.717) is 12.0 Å². The van der Waals surface area contributed by atoms with E-state index in [4.69, 9.17) is 0 Å². The lowest BCUT2D eigenvalue weighted by Gasteiger charge is -2.18. The molecule has 19 heavy (non-hydrogen) atoms. The van der Waals surface area contributed by atoms with E-state index >= 15 is 0 Å². The Kier molecular flexibility index (Phi) is 3.21. The van der Waals surface area contributed by atoms with Crippen molar-refractivity contribution in [2.75, 3.05) is 6.54 Å². The van der Waals surface area contributed by atoms with Crippen molar-refractivity contribution in [1.82, 2.24) is 10.6 Å². The van der Waals surface area contributed by atoms with Crippen LogP contribution in [0.25, 0.3) is 0 Å². The third kappa shape index (κ3) is 2.91. The number of benzene rings is 1. The summed E-state index contributed by atoms with van der Waals surface area (Å²) in [6, 6.07) is 10.8. The minimum Gasteiger partial charge on any atom is -0.337 e. The second-order valence-corrected chi connectivity index (χ2v) is 6.10. The molecule has 3 nitrogen and oxygen atoms in total. The predicted octanol–water partition coefficient (Wildman–Crippen LogP) is 2.82. The first-order valence-corrected chi connectivity index (χ1v) is 7.29. The second-order valence-electron chi connectivity index (χ2n) is 6.10. The number of carbonyl (C=O) groups is 1. The zero-order valence-electron chi connectivity index (χ0n) is 11.5. The van der Waals surface area contributed by atoms with Gasteiger partial charge in [-0.1, -0.05) is 30.3 Å². The number of hydrogen-bond acceptors (Lipinski definition) is 1. The van der Waals surface area contributed by atoms with Crippen LogP contribution in [0.15, 0.2) is 30.3 Å². The highest BCUT2D eigenvalue weighted by atomic mass is 16.2. The average Bonchev–Trinajstić information content (AvgIpc) is 3.30. The van der Waals surface area contributed by atoms with Gasteiger partial charge in [-0.05, 0) is 44.1 Å². The summed E-state index contributed by atoms with van der Waals surface area (Å²) in [6.07, 6.45) is 4.87. The summed E-state index contributed by atoms with van der Waals surface area (Å²) in [5, 5.41) is 6.09. The molecule has 102 valence electrons. The molecule has 1 unspecified atom stereocenters. The molecule has 2 fully saturated rings. The van der Waals surface area contributed by atoms with E-state index in [1.165, 1.54) is 31.2 Å². The molecule has 3 heteroatoms. The fraction of sp³-hybridized carbons (Fsp3) is 0.562. The molecule has 0 spiro atoms. The fourth-order valence-electron chi connectivity index (χ4n) is 2.73. The van der Waals surface area contributed by atoms with Gasteiger partial charge < -0.3 is 10.6 Å². The minimum absolute atomic E-state index is 0.0124. The molecule has 0 radical (unpaired) electrons. The van der Waals surface area contributed by atoms with E-state index in [2.05, 4.69) is 41.8 Å². The molecule has 2 N–H and O–H groups in total. The van der Waals surface area contributed by atoms with Crippen molar-refractivity contribution in [2.45, 2.75) is 44.1 Å². The quantitative estimate of drug-likeness (QED) is 0.837. The molecule has 1 aromatic carbocycles. The summed E-state index contributed by atoms with van der Waals surface area (Å²) in [6.45, 7) is 2.85. The Hall–Kier alpha value is -1.51. The van der Waals surface area contributed by atoms with E-state index in [-0.39, 0.29) is 11.4 Å². The summed E-state index contributed by atoms with van der Waals surface area (Å²) in [5.74, 6) is 0.703. The number of amides is 2. The van der Waals surface area contributed by atoms with Gasteiger partial charge >= 0.3 is 6.03 Å². The van der Waals surface area contributed by atoms with E-state index in [1.807, 2.05) is 6.07 Å². The van der Waals surface area contributed by atoms with E-state index in [9.17, 15) is 4.79 Å². The van der Waals surface area contributed by atoms with Gasteiger partial charge in [0.15, 0.2) is 0 Å². The molecule has 0 saturated heterocycles. The molecule has 1 atom stereocenters. The van der Waals surface area contributed by atoms with Gasteiger partial charge in [-0.15, -0.1) is 0 Å². The third-order valence-corrected chi connectivity index (χ3v) is 4.51. The molecule has 2 saturated carbocycles. The van der Waals surface area contributed by atoms with Crippen LogP contribution in [0.3, 0.4) is 0 Å². The number of rotatable bonds is 5. The van der Waals surface area contributed by atoms with Gasteiger partial charge in [-0.2, -0.15) is 0 Å². The van der Waals surface area contributed by atoms with Crippen molar-refractivity contribution in [1.29, 1.82) is 0 Å². The minimum atomic E-state index is -0.0124. The van der Waals surface area contributed by atoms with Gasteiger partial charge in [0.05, 0.1) is 0 Å². The zero-order chi connectivity index (χ0) is 13.3. The predicted molar refractivity (Wildman–Crippen MR) is 76.1 cm³/mol. The van der Waals surface area contributed by atoms with Crippen LogP contribution >= 0.6 is 0 Å². The largest absolute Gasteiger partial charge is 0.337 e. The topological polar surface area (TPSA) is 41.1 Å². The maximum absolute atomic E-state index is 11.9. The van der Waals surface area contributed by atoms with Gasteiger partial charge in [0.1, 0.15) is 0 Å². The zero-order valence-corrected chi connectivity index (χ0v) is 11.5. The highest BCUT2D eigenvalue weighted by molar-refractivity contribution is 5.74. The first-order chi connectivity index (χ1) is 9.20. The highest BCUT2D eigenvalue weighted by Gasteiger charge is 2.44. The maximum atomic E-state index is 11.9. The molecule has 2 amide bonds. The fourth-order valence-corrected chi connectivity index (χ4v) is 2.73. The van der Waals surface area contributed by atoms with E-state index < -0.39 is 0 Å². The Morgan fingerprint density at radius 2 is 2.00 bits per heavy atom. The highest BCUT2D eigenvalue weighted by Crippen LogP contribution is 2.47. The number of nitrogens with one attached hydrogen (secondary N) is 2. The first kappa shape index (κ1) is 12.5. The summed E-state index contributed by atoms with van der Waals surface area (Å²) in [7, 11) is 0. The third-order valence-electron chi connectivity index (χ3n) is 4.51. The molecule has 3 rings (SSSR count). The molecule has 2 aliphatic rings. The lowest BCUT2D eigenvalue weighted by atomic mass is 9.96. The first-order valence-electron chi connectivity index (χ1n) is 7.29. The van der Waals surface area contributed by atoms with E-state index in [0.717, 1.165) is 6.54 Å². The molecular formula is C16H22N2O. The number of urea groups is 1. The van der Waals surface area contributed by atoms with Gasteiger partial charge in [-0.3, -0.25) is 0 Å². The van der Waals surface area contributed by atoms with Gasteiger partial charge in [0.2, 0.25) is 0 Å². The molecule has 0 aromatic heterocycles. The average molecular weight is 258 g/mol. The van der Waals surface area contributed by atoms with Gasteiger partial charge in [-0.25, -0.2) is 4.79 Å². The van der Waals surface area contributed by atoms with Crippen molar-refractivity contribution in [3.05, 3.63) is 35.9 Å². The van der Waals surface area contributed by atoms with Crippen LogP contribution in [0, 0.1) is 5.92 Å². The number of hydrogen-bond donors (Lipinski definition) is 2. The second kappa shape index (κ2) is 4.87. The van der Waals surface area contributed by atoms with Crippen molar-refractivity contribution in [2.24, 2.45) is 5.92 Å². The Labute approximate surface area is 114 Å². The van der Waals surface area contributed by atoms with Crippen LogP contribution in [-0.2, 0) is 5.41 Å². The van der Waals surface area contributed by atoms with E-state index in [1.54, 1.807) is 0 Å². The lowest BCUT2D eigenvalue weighted by Crippen LogP contribution is -2.44. The Bertz CT molecular complexity index is 449. The van der Waals surface area contributed by atoms with Crippen molar-refractivity contribution >= 4 is 6.03 Å².